The van der Waals surface area contributed by atoms with E-state index >= 15 is 0 Å². The molecule has 398 valence electrons. The van der Waals surface area contributed by atoms with Crippen molar-refractivity contribution in [1.29, 1.82) is 0 Å². The van der Waals surface area contributed by atoms with Gasteiger partial charge in [0.05, 0.1) is 18.8 Å². The predicted molar refractivity (Wildman–Crippen MR) is 299 cm³/mol. The average Bonchev–Trinajstić information content (AvgIpc) is 3.33. The molecule has 0 saturated heterocycles. The number of unbranched alkanes of at least 4 members (excludes halogenated alkanes) is 49. The van der Waals surface area contributed by atoms with Crippen LogP contribution >= 0.6 is 0 Å². The molecule has 0 radical (unpaired) electrons. The van der Waals surface area contributed by atoms with Crippen LogP contribution in [0.2, 0.25) is 0 Å². The first-order valence-corrected chi connectivity index (χ1v) is 31.1. The second kappa shape index (κ2) is 59.2. The molecule has 0 aliphatic heterocycles. The monoisotopic (exact) mass is 942 g/mol. The maximum Gasteiger partial charge on any atom is 0.220 e. The molecule has 0 heterocycles. The molecule has 0 aromatic rings. The highest BCUT2D eigenvalue weighted by molar-refractivity contribution is 5.76. The van der Waals surface area contributed by atoms with Crippen LogP contribution in [0.25, 0.3) is 0 Å². The van der Waals surface area contributed by atoms with E-state index < -0.39 is 12.1 Å². The second-order valence-electron chi connectivity index (χ2n) is 21.5. The molecule has 0 bridgehead atoms. The summed E-state index contributed by atoms with van der Waals surface area (Å²) in [4.78, 5) is 12.5. The van der Waals surface area contributed by atoms with Gasteiger partial charge in [0.25, 0.3) is 0 Å². The van der Waals surface area contributed by atoms with E-state index in [0.717, 1.165) is 32.1 Å². The molecular formula is C63H123NO3. The third kappa shape index (κ3) is 55.7. The Labute approximate surface area is 421 Å². The average molecular weight is 943 g/mol. The third-order valence-corrected chi connectivity index (χ3v) is 14.7. The van der Waals surface area contributed by atoms with Crippen molar-refractivity contribution >= 4 is 5.91 Å². The molecule has 0 saturated carbocycles. The Morgan fingerprint density at radius 1 is 0.343 bits per heavy atom. The SMILES string of the molecule is CCCCCCCCCCCCCCCCC/C=C/CC/C=C/C(O)C(CO)NC(=O)CCCCCCCCCCCCCCCCCCCCCCCCCCCCCCCCCCCC. The summed E-state index contributed by atoms with van der Waals surface area (Å²) in [5.74, 6) is -0.0656. The maximum atomic E-state index is 12.5. The van der Waals surface area contributed by atoms with Crippen LogP contribution < -0.4 is 5.32 Å². The summed E-state index contributed by atoms with van der Waals surface area (Å²) >= 11 is 0. The Bertz CT molecular complexity index is 978. The molecule has 0 fully saturated rings. The zero-order chi connectivity index (χ0) is 48.5. The molecule has 4 nitrogen and oxygen atoms in total. The Balaban J connectivity index is 3.42. The molecule has 3 N–H and O–H groups in total. The van der Waals surface area contributed by atoms with E-state index in [1.165, 1.54) is 302 Å². The standard InChI is InChI=1S/C63H123NO3/c1-3-5-7-9-11-13-15-17-19-21-23-25-26-27-28-29-30-31-32-33-34-35-36-37-39-41-43-45-47-49-51-53-55-57-59-63(67)64-61(60-65)62(66)58-56-54-52-50-48-46-44-42-40-38-24-22-20-18-16-14-12-10-8-6-4-2/h48,50,56,58,61-62,65-66H,3-47,49,51-55,57,59-60H2,1-2H3,(H,64,67)/b50-48+,58-56+. The topological polar surface area (TPSA) is 69.6 Å². The first kappa shape index (κ1) is 65.9. The molecule has 0 spiro atoms. The maximum absolute atomic E-state index is 12.5. The minimum atomic E-state index is -0.860. The number of allylic oxidation sites excluding steroid dienone is 3. The van der Waals surface area contributed by atoms with E-state index in [9.17, 15) is 15.0 Å². The fourth-order valence-corrected chi connectivity index (χ4v) is 9.97. The number of hydrogen-bond donors (Lipinski definition) is 3. The number of carbonyl (C=O) groups is 1. The number of nitrogens with one attached hydrogen (secondary N) is 1. The lowest BCUT2D eigenvalue weighted by molar-refractivity contribution is -0.123. The number of hydrogen-bond acceptors (Lipinski definition) is 3. The van der Waals surface area contributed by atoms with Gasteiger partial charge in [-0.15, -0.1) is 0 Å². The zero-order valence-electron chi connectivity index (χ0n) is 46.0. The Kier molecular flexibility index (Phi) is 58.2. The fourth-order valence-electron chi connectivity index (χ4n) is 9.97. The number of aliphatic hydroxyl groups excluding tert-OH is 2. The van der Waals surface area contributed by atoms with Crippen molar-refractivity contribution in [1.82, 2.24) is 5.32 Å². The van der Waals surface area contributed by atoms with E-state index in [1.807, 2.05) is 6.08 Å². The first-order chi connectivity index (χ1) is 33.2. The van der Waals surface area contributed by atoms with Gasteiger partial charge in [-0.1, -0.05) is 340 Å². The van der Waals surface area contributed by atoms with Crippen molar-refractivity contribution in [2.45, 2.75) is 366 Å². The van der Waals surface area contributed by atoms with Gasteiger partial charge in [-0.3, -0.25) is 4.79 Å². The van der Waals surface area contributed by atoms with Gasteiger partial charge < -0.3 is 15.5 Å². The number of carbonyl (C=O) groups excluding carboxylic acids is 1. The molecule has 0 aromatic heterocycles. The summed E-state index contributed by atoms with van der Waals surface area (Å²) in [6, 6.07) is -0.637. The Morgan fingerprint density at radius 2 is 0.582 bits per heavy atom. The van der Waals surface area contributed by atoms with Crippen molar-refractivity contribution in [2.24, 2.45) is 0 Å². The van der Waals surface area contributed by atoms with Crippen LogP contribution in [0, 0.1) is 0 Å². The van der Waals surface area contributed by atoms with E-state index in [2.05, 4.69) is 31.3 Å². The van der Waals surface area contributed by atoms with Crippen LogP contribution in [0.5, 0.6) is 0 Å². The van der Waals surface area contributed by atoms with E-state index in [-0.39, 0.29) is 12.5 Å². The van der Waals surface area contributed by atoms with Crippen molar-refractivity contribution in [3.05, 3.63) is 24.3 Å². The molecule has 0 aliphatic carbocycles. The molecular weight excluding hydrogens is 819 g/mol. The summed E-state index contributed by atoms with van der Waals surface area (Å²) in [6.45, 7) is 4.34. The smallest absolute Gasteiger partial charge is 0.220 e. The molecule has 0 aliphatic rings. The van der Waals surface area contributed by atoms with E-state index in [0.29, 0.717) is 6.42 Å². The van der Waals surface area contributed by atoms with Crippen LogP contribution in [0.1, 0.15) is 354 Å². The second-order valence-corrected chi connectivity index (χ2v) is 21.5. The lowest BCUT2D eigenvalue weighted by Gasteiger charge is -2.19. The van der Waals surface area contributed by atoms with Crippen molar-refractivity contribution in [3.63, 3.8) is 0 Å². The zero-order valence-corrected chi connectivity index (χ0v) is 46.0. The summed E-state index contributed by atoms with van der Waals surface area (Å²) in [7, 11) is 0. The van der Waals surface area contributed by atoms with Gasteiger partial charge >= 0.3 is 0 Å². The van der Waals surface area contributed by atoms with Crippen LogP contribution in [0.4, 0.5) is 0 Å². The molecule has 2 atom stereocenters. The summed E-state index contributed by atoms with van der Waals surface area (Å²) in [5.41, 5.74) is 0. The number of aliphatic hydroxyl groups is 2. The third-order valence-electron chi connectivity index (χ3n) is 14.7. The van der Waals surface area contributed by atoms with Crippen molar-refractivity contribution in [3.8, 4) is 0 Å². The molecule has 0 rings (SSSR count). The quantitative estimate of drug-likeness (QED) is 0.0420. The number of rotatable bonds is 58. The molecule has 0 aromatic carbocycles. The normalized spacial score (nSPS) is 12.8. The van der Waals surface area contributed by atoms with Gasteiger partial charge in [0.1, 0.15) is 0 Å². The largest absolute Gasteiger partial charge is 0.394 e. The van der Waals surface area contributed by atoms with Crippen LogP contribution in [-0.4, -0.2) is 34.9 Å². The van der Waals surface area contributed by atoms with Gasteiger partial charge in [0.2, 0.25) is 5.91 Å². The van der Waals surface area contributed by atoms with Crippen molar-refractivity contribution in [2.75, 3.05) is 6.61 Å². The van der Waals surface area contributed by atoms with Crippen LogP contribution in [0.15, 0.2) is 24.3 Å². The molecule has 1 amide bonds. The van der Waals surface area contributed by atoms with Gasteiger partial charge in [0, 0.05) is 6.42 Å². The van der Waals surface area contributed by atoms with Gasteiger partial charge in [-0.25, -0.2) is 0 Å². The minimum Gasteiger partial charge on any atom is -0.394 e. The van der Waals surface area contributed by atoms with Crippen molar-refractivity contribution < 1.29 is 15.0 Å². The Morgan fingerprint density at radius 3 is 0.866 bits per heavy atom. The number of amides is 1. The summed E-state index contributed by atoms with van der Waals surface area (Å²) in [5, 5.41) is 23.2. The molecule has 2 unspecified atom stereocenters. The fraction of sp³-hybridized carbons (Fsp3) is 0.921. The highest BCUT2D eigenvalue weighted by Gasteiger charge is 2.18. The highest BCUT2D eigenvalue weighted by Crippen LogP contribution is 2.18. The Hall–Kier alpha value is -1.13. The van der Waals surface area contributed by atoms with E-state index in [1.54, 1.807) is 6.08 Å². The van der Waals surface area contributed by atoms with Gasteiger partial charge in [-0.2, -0.15) is 0 Å². The predicted octanol–water partition coefficient (Wildman–Crippen LogP) is 20.7. The lowest BCUT2D eigenvalue weighted by Crippen LogP contribution is -2.45. The van der Waals surface area contributed by atoms with E-state index in [4.69, 9.17) is 0 Å². The minimum absolute atomic E-state index is 0.0656. The molecule has 4 heteroatoms. The van der Waals surface area contributed by atoms with Gasteiger partial charge in [-0.05, 0) is 32.1 Å². The van der Waals surface area contributed by atoms with Crippen LogP contribution in [0.3, 0.4) is 0 Å². The lowest BCUT2D eigenvalue weighted by atomic mass is 10.0. The van der Waals surface area contributed by atoms with Crippen LogP contribution in [-0.2, 0) is 4.79 Å². The highest BCUT2D eigenvalue weighted by atomic mass is 16.3. The van der Waals surface area contributed by atoms with Gasteiger partial charge in [0.15, 0.2) is 0 Å². The summed E-state index contributed by atoms with van der Waals surface area (Å²) < 4.78 is 0. The summed E-state index contributed by atoms with van der Waals surface area (Å²) in [6.07, 6.45) is 79.5. The molecule has 67 heavy (non-hydrogen) atoms. The first-order valence-electron chi connectivity index (χ1n) is 31.1.